The van der Waals surface area contributed by atoms with Crippen LogP contribution in [-0.2, 0) is 4.79 Å². The predicted octanol–water partition coefficient (Wildman–Crippen LogP) is 2.86. The van der Waals surface area contributed by atoms with E-state index in [9.17, 15) is 4.79 Å². The summed E-state index contributed by atoms with van der Waals surface area (Å²) in [6, 6.07) is 0. The Kier molecular flexibility index (Phi) is 2.03. The van der Waals surface area contributed by atoms with Crippen LogP contribution in [0.2, 0.25) is 0 Å². The van der Waals surface area contributed by atoms with Gasteiger partial charge in [-0.1, -0.05) is 11.1 Å². The molecule has 0 aromatic rings. The smallest absolute Gasteiger partial charge is 0.136 e. The average Bonchev–Trinajstić information content (AvgIpc) is 2.21. The molecule has 0 N–H and O–H groups in total. The largest absolute Gasteiger partial charge is 0.299 e. The first kappa shape index (κ1) is 8.03. The molecule has 1 saturated carbocycles. The molecule has 0 aromatic carbocycles. The number of carbonyl (C=O) groups is 1. The molecule has 2 aliphatic rings. The summed E-state index contributed by atoms with van der Waals surface area (Å²) in [4.78, 5) is 11.5. The average molecular weight is 164 g/mol. The van der Waals surface area contributed by atoms with E-state index >= 15 is 0 Å². The van der Waals surface area contributed by atoms with E-state index in [0.29, 0.717) is 11.7 Å². The topological polar surface area (TPSA) is 17.1 Å². The maximum absolute atomic E-state index is 11.5. The number of hydrogen-bond donors (Lipinski definition) is 0. The molecule has 0 heterocycles. The molecule has 2 bridgehead atoms. The Morgan fingerprint density at radius 1 is 1.25 bits per heavy atom. The third-order valence-electron chi connectivity index (χ3n) is 3.32. The van der Waals surface area contributed by atoms with Crippen LogP contribution in [0, 0.1) is 5.92 Å². The lowest BCUT2D eigenvalue weighted by Crippen LogP contribution is -2.16. The van der Waals surface area contributed by atoms with E-state index < -0.39 is 0 Å². The van der Waals surface area contributed by atoms with Gasteiger partial charge in [0.2, 0.25) is 0 Å². The summed E-state index contributed by atoms with van der Waals surface area (Å²) in [7, 11) is 0. The fraction of sp³-hybridized carbons (Fsp3) is 0.727. The van der Waals surface area contributed by atoms with Crippen molar-refractivity contribution in [3.8, 4) is 0 Å². The first-order valence-corrected chi connectivity index (χ1v) is 4.97. The van der Waals surface area contributed by atoms with Gasteiger partial charge in [0.1, 0.15) is 5.78 Å². The molecule has 0 amide bonds. The number of carbonyl (C=O) groups excluding carboxylic acids is 1. The highest BCUT2D eigenvalue weighted by Gasteiger charge is 2.26. The van der Waals surface area contributed by atoms with E-state index in [1.54, 1.807) is 11.1 Å². The highest BCUT2D eigenvalue weighted by Crippen LogP contribution is 2.36. The van der Waals surface area contributed by atoms with Crippen LogP contribution in [0.1, 0.15) is 45.4 Å². The number of allylic oxidation sites excluding steroid dienone is 2. The summed E-state index contributed by atoms with van der Waals surface area (Å²) in [6.45, 7) is 2.24. The molecular formula is C11H16O. The van der Waals surface area contributed by atoms with E-state index in [-0.39, 0.29) is 0 Å². The molecule has 2 rings (SSSR count). The van der Waals surface area contributed by atoms with E-state index in [4.69, 9.17) is 0 Å². The number of fused-ring (bicyclic) bond motifs is 2. The highest BCUT2D eigenvalue weighted by molar-refractivity contribution is 5.82. The van der Waals surface area contributed by atoms with Gasteiger partial charge < -0.3 is 0 Å². The van der Waals surface area contributed by atoms with Gasteiger partial charge in [0.25, 0.3) is 0 Å². The highest BCUT2D eigenvalue weighted by atomic mass is 16.1. The van der Waals surface area contributed by atoms with Gasteiger partial charge in [-0.25, -0.2) is 0 Å². The van der Waals surface area contributed by atoms with Gasteiger partial charge in [0.05, 0.1) is 0 Å². The van der Waals surface area contributed by atoms with Crippen LogP contribution in [0.15, 0.2) is 11.1 Å². The standard InChI is InChI=1S/C11H16O/c1-8-5-6-10-7-9(8)3-2-4-11(10)12/h10H,2-7H2,1H3/t10-/m1/s1. The quantitative estimate of drug-likeness (QED) is 0.503. The molecule has 1 nitrogen and oxygen atoms in total. The van der Waals surface area contributed by atoms with Crippen LogP contribution in [-0.4, -0.2) is 5.78 Å². The van der Waals surface area contributed by atoms with Crippen LogP contribution in [0.4, 0.5) is 0 Å². The summed E-state index contributed by atoms with van der Waals surface area (Å²) in [6.07, 6.45) is 6.50. The third-order valence-corrected chi connectivity index (χ3v) is 3.32. The molecule has 0 spiro atoms. The SMILES string of the molecule is CC1=C2CCCC(=O)[C@H](CC1)C2. The molecule has 1 atom stereocenters. The van der Waals surface area contributed by atoms with Crippen molar-refractivity contribution in [1.29, 1.82) is 0 Å². The lowest BCUT2D eigenvalue weighted by atomic mass is 9.83. The predicted molar refractivity (Wildman–Crippen MR) is 48.9 cm³/mol. The Bertz CT molecular complexity index is 237. The summed E-state index contributed by atoms with van der Waals surface area (Å²) < 4.78 is 0. The molecule has 0 aliphatic heterocycles. The lowest BCUT2D eigenvalue weighted by Gasteiger charge is -2.21. The summed E-state index contributed by atoms with van der Waals surface area (Å²) in [5, 5.41) is 0. The first-order chi connectivity index (χ1) is 5.77. The maximum Gasteiger partial charge on any atom is 0.136 e. The Hall–Kier alpha value is -0.590. The van der Waals surface area contributed by atoms with Gasteiger partial charge in [-0.2, -0.15) is 0 Å². The molecular weight excluding hydrogens is 148 g/mol. The number of hydrogen-bond acceptors (Lipinski definition) is 1. The van der Waals surface area contributed by atoms with Gasteiger partial charge in [-0.15, -0.1) is 0 Å². The molecule has 0 unspecified atom stereocenters. The molecule has 2 aliphatic carbocycles. The van der Waals surface area contributed by atoms with Gasteiger partial charge in [0.15, 0.2) is 0 Å². The van der Waals surface area contributed by atoms with Crippen molar-refractivity contribution in [2.24, 2.45) is 5.92 Å². The Balaban J connectivity index is 2.24. The molecule has 0 aromatic heterocycles. The zero-order chi connectivity index (χ0) is 8.55. The second-order valence-corrected chi connectivity index (χ2v) is 4.14. The second kappa shape index (κ2) is 3.04. The Morgan fingerprint density at radius 3 is 2.92 bits per heavy atom. The van der Waals surface area contributed by atoms with E-state index in [1.807, 2.05) is 0 Å². The molecule has 66 valence electrons. The normalized spacial score (nSPS) is 30.4. The van der Waals surface area contributed by atoms with Crippen molar-refractivity contribution in [2.45, 2.75) is 45.4 Å². The van der Waals surface area contributed by atoms with Crippen molar-refractivity contribution in [1.82, 2.24) is 0 Å². The molecule has 0 saturated heterocycles. The Morgan fingerprint density at radius 2 is 2.08 bits per heavy atom. The minimum atomic E-state index is 0.395. The molecule has 12 heavy (non-hydrogen) atoms. The lowest BCUT2D eigenvalue weighted by molar-refractivity contribution is -0.122. The van der Waals surface area contributed by atoms with Crippen molar-refractivity contribution in [3.05, 3.63) is 11.1 Å². The van der Waals surface area contributed by atoms with Crippen molar-refractivity contribution in [2.75, 3.05) is 0 Å². The number of ketones is 1. The number of rotatable bonds is 0. The van der Waals surface area contributed by atoms with Gasteiger partial charge >= 0.3 is 0 Å². The molecule has 0 radical (unpaired) electrons. The van der Waals surface area contributed by atoms with E-state index in [2.05, 4.69) is 6.92 Å². The minimum absolute atomic E-state index is 0.395. The summed E-state index contributed by atoms with van der Waals surface area (Å²) in [5.74, 6) is 0.920. The van der Waals surface area contributed by atoms with Crippen LogP contribution >= 0.6 is 0 Å². The fourth-order valence-corrected chi connectivity index (χ4v) is 2.41. The zero-order valence-corrected chi connectivity index (χ0v) is 7.73. The van der Waals surface area contributed by atoms with Gasteiger partial charge in [-0.05, 0) is 39.0 Å². The molecule has 1 fully saturated rings. The summed E-state index contributed by atoms with van der Waals surface area (Å²) in [5.41, 5.74) is 3.16. The van der Waals surface area contributed by atoms with Crippen LogP contribution in [0.5, 0.6) is 0 Å². The van der Waals surface area contributed by atoms with Crippen molar-refractivity contribution in [3.63, 3.8) is 0 Å². The van der Waals surface area contributed by atoms with Crippen molar-refractivity contribution >= 4 is 5.78 Å². The van der Waals surface area contributed by atoms with E-state index in [1.165, 1.54) is 12.8 Å². The van der Waals surface area contributed by atoms with Crippen molar-refractivity contribution < 1.29 is 4.79 Å². The van der Waals surface area contributed by atoms with Crippen LogP contribution in [0.3, 0.4) is 0 Å². The first-order valence-electron chi connectivity index (χ1n) is 4.97. The fourth-order valence-electron chi connectivity index (χ4n) is 2.41. The van der Waals surface area contributed by atoms with E-state index in [0.717, 1.165) is 25.7 Å². The maximum atomic E-state index is 11.5. The van der Waals surface area contributed by atoms with Gasteiger partial charge in [0, 0.05) is 12.3 Å². The Labute approximate surface area is 73.8 Å². The second-order valence-electron chi connectivity index (χ2n) is 4.14. The van der Waals surface area contributed by atoms with Crippen LogP contribution < -0.4 is 0 Å². The summed E-state index contributed by atoms with van der Waals surface area (Å²) >= 11 is 0. The van der Waals surface area contributed by atoms with Crippen LogP contribution in [0.25, 0.3) is 0 Å². The monoisotopic (exact) mass is 164 g/mol. The number of Topliss-reactive ketones (excluding diaryl/α,β-unsaturated/α-hetero) is 1. The third kappa shape index (κ3) is 1.33. The minimum Gasteiger partial charge on any atom is -0.299 e. The molecule has 1 heteroatoms. The van der Waals surface area contributed by atoms with Gasteiger partial charge in [-0.3, -0.25) is 4.79 Å². The zero-order valence-electron chi connectivity index (χ0n) is 7.73.